The number of methoxy groups -OCH3 is 1. The quantitative estimate of drug-likeness (QED) is 0.805. The van der Waals surface area contributed by atoms with Crippen molar-refractivity contribution in [1.29, 1.82) is 0 Å². The van der Waals surface area contributed by atoms with Gasteiger partial charge in [-0.25, -0.2) is 0 Å². The van der Waals surface area contributed by atoms with Gasteiger partial charge in [0.25, 0.3) is 0 Å². The monoisotopic (exact) mass is 275 g/mol. The molecular formula is C14H18BNO4. The molecule has 1 aromatic heterocycles. The van der Waals surface area contributed by atoms with Gasteiger partial charge in [0.1, 0.15) is 11.2 Å². The molecule has 0 aliphatic carbocycles. The molecule has 0 radical (unpaired) electrons. The van der Waals surface area contributed by atoms with E-state index in [0.29, 0.717) is 18.2 Å². The molecule has 1 atom stereocenters. The molecule has 3 rings (SSSR count). The van der Waals surface area contributed by atoms with Crippen LogP contribution in [0.15, 0.2) is 28.7 Å². The highest BCUT2D eigenvalue weighted by molar-refractivity contribution is 6.57. The van der Waals surface area contributed by atoms with Gasteiger partial charge in [-0.1, -0.05) is 6.07 Å². The SMILES string of the molecule is COCC1CCCN1c1cccc2oc(B(O)O)cc12. The molecule has 1 unspecified atom stereocenters. The summed E-state index contributed by atoms with van der Waals surface area (Å²) in [5.41, 5.74) is 1.92. The number of fused-ring (bicyclic) bond motifs is 1. The number of furan rings is 1. The third-order valence-electron chi connectivity index (χ3n) is 3.86. The Labute approximate surface area is 117 Å². The van der Waals surface area contributed by atoms with Crippen LogP contribution in [0.2, 0.25) is 0 Å². The molecule has 0 amide bonds. The summed E-state index contributed by atoms with van der Waals surface area (Å²) in [5.74, 6) is 0. The standard InChI is InChI=1S/C14H18BNO4/c1-19-9-10-4-3-7-16(10)12-5-2-6-13-11(12)8-14(20-13)15(17)18/h2,5-6,8,10,17-18H,3-4,7,9H2,1H3. The zero-order chi connectivity index (χ0) is 14.1. The zero-order valence-corrected chi connectivity index (χ0v) is 11.5. The van der Waals surface area contributed by atoms with Crippen molar-refractivity contribution in [3.63, 3.8) is 0 Å². The molecule has 0 bridgehead atoms. The van der Waals surface area contributed by atoms with E-state index in [4.69, 9.17) is 9.15 Å². The van der Waals surface area contributed by atoms with Crippen LogP contribution in [0.25, 0.3) is 11.0 Å². The van der Waals surface area contributed by atoms with Crippen molar-refractivity contribution in [3.05, 3.63) is 24.3 Å². The van der Waals surface area contributed by atoms with Gasteiger partial charge in [0, 0.05) is 24.7 Å². The first-order valence-corrected chi connectivity index (χ1v) is 6.85. The Morgan fingerprint density at radius 2 is 2.30 bits per heavy atom. The average Bonchev–Trinajstić information content (AvgIpc) is 3.04. The third-order valence-corrected chi connectivity index (χ3v) is 3.86. The molecule has 1 aromatic carbocycles. The normalized spacial score (nSPS) is 18.9. The van der Waals surface area contributed by atoms with Crippen LogP contribution in [0.4, 0.5) is 5.69 Å². The third kappa shape index (κ3) is 2.30. The molecule has 1 aliphatic rings. The molecule has 6 heteroatoms. The fourth-order valence-electron chi connectivity index (χ4n) is 2.96. The van der Waals surface area contributed by atoms with E-state index >= 15 is 0 Å². The Bertz CT molecular complexity index is 598. The van der Waals surface area contributed by atoms with E-state index in [0.717, 1.165) is 30.5 Å². The second kappa shape index (κ2) is 5.48. The summed E-state index contributed by atoms with van der Waals surface area (Å²) in [5, 5.41) is 19.4. The van der Waals surface area contributed by atoms with Crippen LogP contribution in [0, 0.1) is 0 Å². The lowest BCUT2D eigenvalue weighted by Crippen LogP contribution is -2.32. The molecule has 1 aliphatic heterocycles. The van der Waals surface area contributed by atoms with Crippen LogP contribution >= 0.6 is 0 Å². The van der Waals surface area contributed by atoms with Crippen LogP contribution in [-0.4, -0.2) is 43.5 Å². The molecular weight excluding hydrogens is 257 g/mol. The summed E-state index contributed by atoms with van der Waals surface area (Å²) in [6.07, 6.45) is 2.25. The van der Waals surface area contributed by atoms with Gasteiger partial charge in [0.15, 0.2) is 0 Å². The number of hydrogen-bond donors (Lipinski definition) is 2. The first kappa shape index (κ1) is 13.5. The van der Waals surface area contributed by atoms with Crippen molar-refractivity contribution < 1.29 is 19.2 Å². The number of rotatable bonds is 4. The number of ether oxygens (including phenoxy) is 1. The minimum absolute atomic E-state index is 0.176. The lowest BCUT2D eigenvalue weighted by atomic mass is 9.88. The van der Waals surface area contributed by atoms with E-state index in [9.17, 15) is 10.0 Å². The number of hydrogen-bond acceptors (Lipinski definition) is 5. The number of anilines is 1. The molecule has 2 heterocycles. The summed E-state index contributed by atoms with van der Waals surface area (Å²) in [6.45, 7) is 1.68. The Kier molecular flexibility index (Phi) is 3.69. The van der Waals surface area contributed by atoms with E-state index in [2.05, 4.69) is 4.90 Å². The number of nitrogens with zero attached hydrogens (tertiary/aromatic N) is 1. The maximum absolute atomic E-state index is 9.25. The summed E-state index contributed by atoms with van der Waals surface area (Å²) in [7, 11) is 0.137. The Morgan fingerprint density at radius 3 is 3.05 bits per heavy atom. The summed E-state index contributed by atoms with van der Waals surface area (Å²) < 4.78 is 10.8. The van der Waals surface area contributed by atoms with Crippen molar-refractivity contribution in [1.82, 2.24) is 0 Å². The average molecular weight is 275 g/mol. The smallest absolute Gasteiger partial charge is 0.465 e. The molecule has 1 fully saturated rings. The highest BCUT2D eigenvalue weighted by Crippen LogP contribution is 2.32. The molecule has 2 aromatic rings. The van der Waals surface area contributed by atoms with Crippen LogP contribution < -0.4 is 10.6 Å². The molecule has 0 spiro atoms. The van der Waals surface area contributed by atoms with Crippen LogP contribution in [0.5, 0.6) is 0 Å². The van der Waals surface area contributed by atoms with Crippen LogP contribution in [-0.2, 0) is 4.74 Å². The van der Waals surface area contributed by atoms with Crippen molar-refractivity contribution >= 4 is 29.4 Å². The molecule has 2 N–H and O–H groups in total. The van der Waals surface area contributed by atoms with Gasteiger partial charge >= 0.3 is 7.12 Å². The zero-order valence-electron chi connectivity index (χ0n) is 11.5. The highest BCUT2D eigenvalue weighted by Gasteiger charge is 2.27. The van der Waals surface area contributed by atoms with E-state index in [1.807, 2.05) is 18.2 Å². The predicted octanol–water partition coefficient (Wildman–Crippen LogP) is 0.728. The van der Waals surface area contributed by atoms with Gasteiger partial charge in [0.05, 0.1) is 12.6 Å². The number of benzene rings is 1. The molecule has 5 nitrogen and oxygen atoms in total. The highest BCUT2D eigenvalue weighted by atomic mass is 16.5. The van der Waals surface area contributed by atoms with Gasteiger partial charge in [-0.15, -0.1) is 0 Å². The topological polar surface area (TPSA) is 66.1 Å². The van der Waals surface area contributed by atoms with E-state index < -0.39 is 7.12 Å². The van der Waals surface area contributed by atoms with E-state index in [1.165, 1.54) is 0 Å². The van der Waals surface area contributed by atoms with E-state index in [1.54, 1.807) is 13.2 Å². The maximum Gasteiger partial charge on any atom is 0.526 e. The lowest BCUT2D eigenvalue weighted by molar-refractivity contribution is 0.181. The molecule has 106 valence electrons. The maximum atomic E-state index is 9.25. The first-order chi connectivity index (χ1) is 9.70. The largest absolute Gasteiger partial charge is 0.526 e. The summed E-state index contributed by atoms with van der Waals surface area (Å²) in [4.78, 5) is 2.31. The summed E-state index contributed by atoms with van der Waals surface area (Å²) >= 11 is 0. The predicted molar refractivity (Wildman–Crippen MR) is 78.3 cm³/mol. The molecule has 20 heavy (non-hydrogen) atoms. The first-order valence-electron chi connectivity index (χ1n) is 6.85. The van der Waals surface area contributed by atoms with Crippen molar-refractivity contribution in [2.45, 2.75) is 18.9 Å². The molecule has 0 saturated carbocycles. The van der Waals surface area contributed by atoms with E-state index in [-0.39, 0.29) is 5.66 Å². The van der Waals surface area contributed by atoms with Gasteiger partial charge in [-0.2, -0.15) is 0 Å². The van der Waals surface area contributed by atoms with Crippen molar-refractivity contribution in [2.75, 3.05) is 25.2 Å². The molecule has 1 saturated heterocycles. The van der Waals surface area contributed by atoms with Gasteiger partial charge in [0.2, 0.25) is 0 Å². The summed E-state index contributed by atoms with van der Waals surface area (Å²) in [6, 6.07) is 7.88. The lowest BCUT2D eigenvalue weighted by Gasteiger charge is -2.26. The Morgan fingerprint density at radius 1 is 1.45 bits per heavy atom. The van der Waals surface area contributed by atoms with Gasteiger partial charge in [-0.05, 0) is 31.0 Å². The minimum Gasteiger partial charge on any atom is -0.465 e. The second-order valence-electron chi connectivity index (χ2n) is 5.16. The van der Waals surface area contributed by atoms with Crippen LogP contribution in [0.1, 0.15) is 12.8 Å². The fraction of sp³-hybridized carbons (Fsp3) is 0.429. The minimum atomic E-state index is -1.58. The fourth-order valence-corrected chi connectivity index (χ4v) is 2.96. The van der Waals surface area contributed by atoms with Crippen molar-refractivity contribution in [2.24, 2.45) is 0 Å². The van der Waals surface area contributed by atoms with Gasteiger partial charge < -0.3 is 24.1 Å². The van der Waals surface area contributed by atoms with Crippen molar-refractivity contribution in [3.8, 4) is 0 Å². The Balaban J connectivity index is 2.02. The van der Waals surface area contributed by atoms with Gasteiger partial charge in [-0.3, -0.25) is 0 Å². The Hall–Kier alpha value is -1.50. The second-order valence-corrected chi connectivity index (χ2v) is 5.16. The van der Waals surface area contributed by atoms with Crippen LogP contribution in [0.3, 0.4) is 0 Å².